The first kappa shape index (κ1) is 14.3. The van der Waals surface area contributed by atoms with Crippen LogP contribution in [0.2, 0.25) is 0 Å². The lowest BCUT2D eigenvalue weighted by molar-refractivity contribution is 0.140. The summed E-state index contributed by atoms with van der Waals surface area (Å²) in [7, 11) is 0. The van der Waals surface area contributed by atoms with E-state index in [-0.39, 0.29) is 6.04 Å². The number of piperidine rings is 1. The summed E-state index contributed by atoms with van der Waals surface area (Å²) in [5.74, 6) is 0.672. The Bertz CT molecular complexity index is 399. The van der Waals surface area contributed by atoms with Gasteiger partial charge in [-0.3, -0.25) is 0 Å². The fourth-order valence-corrected chi connectivity index (χ4v) is 2.85. The lowest BCUT2D eigenvalue weighted by atomic mass is 9.87. The number of para-hydroxylation sites is 1. The van der Waals surface area contributed by atoms with Crippen molar-refractivity contribution in [2.45, 2.75) is 51.2 Å². The van der Waals surface area contributed by atoms with Gasteiger partial charge in [0.2, 0.25) is 0 Å². The Kier molecular flexibility index (Phi) is 4.81. The van der Waals surface area contributed by atoms with Gasteiger partial charge in [-0.05, 0) is 39.3 Å². The van der Waals surface area contributed by atoms with E-state index in [1.807, 2.05) is 31.2 Å². The van der Waals surface area contributed by atoms with E-state index in [1.54, 1.807) is 6.92 Å². The van der Waals surface area contributed by atoms with Crippen molar-refractivity contribution in [1.82, 2.24) is 5.32 Å². The summed E-state index contributed by atoms with van der Waals surface area (Å²) < 4.78 is 20.6. The SMILES string of the molecule is CCOc1ccccc1C(C)(F)CC1CCCCN1. The van der Waals surface area contributed by atoms with E-state index in [4.69, 9.17) is 4.74 Å². The lowest BCUT2D eigenvalue weighted by Gasteiger charge is -2.31. The standard InChI is InChI=1S/C16H24FNO/c1-3-19-15-10-5-4-9-14(15)16(2,17)12-13-8-6-7-11-18-13/h4-5,9-10,13,18H,3,6-8,11-12H2,1-2H3. The monoisotopic (exact) mass is 265 g/mol. The highest BCUT2D eigenvalue weighted by atomic mass is 19.1. The Balaban J connectivity index is 2.13. The molecule has 0 bridgehead atoms. The molecule has 1 saturated heterocycles. The average Bonchev–Trinajstić information content (AvgIpc) is 2.40. The summed E-state index contributed by atoms with van der Waals surface area (Å²) in [6.45, 7) is 5.17. The van der Waals surface area contributed by atoms with Crippen LogP contribution in [0.1, 0.15) is 45.1 Å². The Hall–Kier alpha value is -1.09. The van der Waals surface area contributed by atoms with Gasteiger partial charge in [-0.15, -0.1) is 0 Å². The molecule has 1 aliphatic rings. The first-order chi connectivity index (χ1) is 9.13. The summed E-state index contributed by atoms with van der Waals surface area (Å²) in [6.07, 6.45) is 3.98. The minimum atomic E-state index is -1.35. The van der Waals surface area contributed by atoms with Crippen LogP contribution in [0.4, 0.5) is 4.39 Å². The van der Waals surface area contributed by atoms with E-state index >= 15 is 4.39 Å². The van der Waals surface area contributed by atoms with Crippen LogP contribution in [0.5, 0.6) is 5.75 Å². The molecule has 1 aliphatic heterocycles. The molecule has 0 radical (unpaired) electrons. The molecule has 2 atom stereocenters. The summed E-state index contributed by atoms with van der Waals surface area (Å²) in [5, 5.41) is 3.42. The van der Waals surface area contributed by atoms with Gasteiger partial charge in [0.25, 0.3) is 0 Å². The van der Waals surface area contributed by atoms with Crippen LogP contribution in [-0.4, -0.2) is 19.2 Å². The van der Waals surface area contributed by atoms with Gasteiger partial charge in [-0.1, -0.05) is 24.6 Å². The van der Waals surface area contributed by atoms with Gasteiger partial charge in [-0.25, -0.2) is 4.39 Å². The van der Waals surface area contributed by atoms with Gasteiger partial charge in [0, 0.05) is 18.0 Å². The molecule has 0 saturated carbocycles. The highest BCUT2D eigenvalue weighted by Gasteiger charge is 2.32. The average molecular weight is 265 g/mol. The molecule has 1 aromatic rings. The van der Waals surface area contributed by atoms with Crippen LogP contribution in [0, 0.1) is 0 Å². The maximum atomic E-state index is 15.1. The number of alkyl halides is 1. The zero-order chi connectivity index (χ0) is 13.7. The minimum absolute atomic E-state index is 0.276. The fourth-order valence-electron chi connectivity index (χ4n) is 2.85. The molecular formula is C16H24FNO. The molecule has 106 valence electrons. The van der Waals surface area contributed by atoms with E-state index in [0.29, 0.717) is 24.3 Å². The number of hydrogen-bond donors (Lipinski definition) is 1. The van der Waals surface area contributed by atoms with Crippen LogP contribution in [0.15, 0.2) is 24.3 Å². The normalized spacial score (nSPS) is 22.8. The molecule has 2 nitrogen and oxygen atoms in total. The molecule has 0 aliphatic carbocycles. The fraction of sp³-hybridized carbons (Fsp3) is 0.625. The molecule has 1 fully saturated rings. The Morgan fingerprint density at radius 2 is 2.16 bits per heavy atom. The summed E-state index contributed by atoms with van der Waals surface area (Å²) in [5.41, 5.74) is -0.676. The van der Waals surface area contributed by atoms with Crippen molar-refractivity contribution in [3.8, 4) is 5.75 Å². The van der Waals surface area contributed by atoms with Crippen LogP contribution >= 0.6 is 0 Å². The van der Waals surface area contributed by atoms with E-state index in [1.165, 1.54) is 12.8 Å². The van der Waals surface area contributed by atoms with Crippen molar-refractivity contribution in [3.63, 3.8) is 0 Å². The van der Waals surface area contributed by atoms with Crippen molar-refractivity contribution in [3.05, 3.63) is 29.8 Å². The minimum Gasteiger partial charge on any atom is -0.493 e. The van der Waals surface area contributed by atoms with E-state index in [0.717, 1.165) is 13.0 Å². The Morgan fingerprint density at radius 3 is 2.84 bits per heavy atom. The van der Waals surface area contributed by atoms with Crippen LogP contribution in [0.3, 0.4) is 0 Å². The molecule has 2 rings (SSSR count). The second-order valence-electron chi connectivity index (χ2n) is 5.48. The topological polar surface area (TPSA) is 21.3 Å². The highest BCUT2D eigenvalue weighted by molar-refractivity contribution is 5.37. The molecule has 19 heavy (non-hydrogen) atoms. The summed E-state index contributed by atoms with van der Waals surface area (Å²) in [4.78, 5) is 0. The van der Waals surface area contributed by atoms with Crippen molar-refractivity contribution in [2.24, 2.45) is 0 Å². The number of rotatable bonds is 5. The second-order valence-corrected chi connectivity index (χ2v) is 5.48. The summed E-state index contributed by atoms with van der Waals surface area (Å²) in [6, 6.07) is 7.74. The molecule has 1 heterocycles. The van der Waals surface area contributed by atoms with Gasteiger partial charge < -0.3 is 10.1 Å². The predicted octanol–water partition coefficient (Wildman–Crippen LogP) is 3.80. The quantitative estimate of drug-likeness (QED) is 0.874. The van der Waals surface area contributed by atoms with Gasteiger partial charge in [-0.2, -0.15) is 0 Å². The van der Waals surface area contributed by atoms with Crippen LogP contribution in [-0.2, 0) is 5.67 Å². The number of halogens is 1. The highest BCUT2D eigenvalue weighted by Crippen LogP contribution is 2.37. The zero-order valence-electron chi connectivity index (χ0n) is 11.9. The first-order valence-corrected chi connectivity index (χ1v) is 7.28. The Morgan fingerprint density at radius 1 is 1.37 bits per heavy atom. The first-order valence-electron chi connectivity index (χ1n) is 7.28. The lowest BCUT2D eigenvalue weighted by Crippen LogP contribution is -2.38. The molecule has 0 amide bonds. The maximum absolute atomic E-state index is 15.1. The van der Waals surface area contributed by atoms with Crippen molar-refractivity contribution < 1.29 is 9.13 Å². The predicted molar refractivity (Wildman–Crippen MR) is 76.3 cm³/mol. The zero-order valence-corrected chi connectivity index (χ0v) is 11.9. The summed E-state index contributed by atoms with van der Waals surface area (Å²) >= 11 is 0. The number of ether oxygens (including phenoxy) is 1. The molecule has 1 aromatic carbocycles. The number of benzene rings is 1. The molecule has 0 spiro atoms. The number of hydrogen-bond acceptors (Lipinski definition) is 2. The van der Waals surface area contributed by atoms with Crippen molar-refractivity contribution >= 4 is 0 Å². The third kappa shape index (κ3) is 3.69. The van der Waals surface area contributed by atoms with Crippen molar-refractivity contribution in [2.75, 3.05) is 13.2 Å². The van der Waals surface area contributed by atoms with Crippen LogP contribution < -0.4 is 10.1 Å². The number of nitrogens with one attached hydrogen (secondary N) is 1. The van der Waals surface area contributed by atoms with Gasteiger partial charge in [0.05, 0.1) is 6.61 Å². The van der Waals surface area contributed by atoms with E-state index in [9.17, 15) is 0 Å². The van der Waals surface area contributed by atoms with Gasteiger partial charge in [0.15, 0.2) is 0 Å². The Labute approximate surface area is 115 Å². The third-order valence-electron chi connectivity index (χ3n) is 3.79. The van der Waals surface area contributed by atoms with Crippen molar-refractivity contribution in [1.29, 1.82) is 0 Å². The van der Waals surface area contributed by atoms with E-state index in [2.05, 4.69) is 5.32 Å². The smallest absolute Gasteiger partial charge is 0.138 e. The second kappa shape index (κ2) is 6.38. The van der Waals surface area contributed by atoms with E-state index < -0.39 is 5.67 Å². The molecule has 3 heteroatoms. The maximum Gasteiger partial charge on any atom is 0.138 e. The molecule has 1 N–H and O–H groups in total. The molecule has 2 unspecified atom stereocenters. The third-order valence-corrected chi connectivity index (χ3v) is 3.79. The molecule has 0 aromatic heterocycles. The largest absolute Gasteiger partial charge is 0.493 e. The van der Waals surface area contributed by atoms with Crippen LogP contribution in [0.25, 0.3) is 0 Å². The van der Waals surface area contributed by atoms with Gasteiger partial charge in [0.1, 0.15) is 11.4 Å². The molecular weight excluding hydrogens is 241 g/mol. The van der Waals surface area contributed by atoms with Gasteiger partial charge >= 0.3 is 0 Å².